The zero-order valence-corrected chi connectivity index (χ0v) is 15.7. The van der Waals surface area contributed by atoms with Gasteiger partial charge in [0, 0.05) is 34.4 Å². The highest BCUT2D eigenvalue weighted by molar-refractivity contribution is 6.09. The van der Waals surface area contributed by atoms with E-state index < -0.39 is 0 Å². The minimum atomic E-state index is -0.157. The van der Waals surface area contributed by atoms with Gasteiger partial charge in [-0.3, -0.25) is 9.78 Å². The van der Waals surface area contributed by atoms with Crippen molar-refractivity contribution in [1.29, 1.82) is 0 Å². The number of nitrogens with zero attached hydrogens (tertiary/aromatic N) is 1. The molecule has 134 valence electrons. The molecule has 0 spiro atoms. The van der Waals surface area contributed by atoms with E-state index in [0.717, 1.165) is 27.8 Å². The Labute approximate surface area is 154 Å². The molecular weight excluding hydrogens is 324 g/mol. The topological polar surface area (TPSA) is 51.2 Å². The molecule has 26 heavy (non-hydrogen) atoms. The molecule has 0 aliphatic heterocycles. The minimum Gasteiger partial charge on any atom is -0.494 e. The number of anilines is 1. The van der Waals surface area contributed by atoms with Crippen molar-refractivity contribution in [3.8, 4) is 5.75 Å². The third kappa shape index (κ3) is 3.69. The fourth-order valence-electron chi connectivity index (χ4n) is 2.98. The van der Waals surface area contributed by atoms with Crippen LogP contribution >= 0.6 is 0 Å². The lowest BCUT2D eigenvalue weighted by atomic mass is 9.85. The summed E-state index contributed by atoms with van der Waals surface area (Å²) in [7, 11) is 0. The van der Waals surface area contributed by atoms with E-state index in [2.05, 4.69) is 31.1 Å². The number of carbonyl (C=O) groups excluding carboxylic acids is 1. The second kappa shape index (κ2) is 7.16. The number of fused-ring (bicyclic) bond motifs is 1. The molecule has 4 heteroatoms. The molecule has 1 heterocycles. The molecule has 1 aromatic heterocycles. The Morgan fingerprint density at radius 1 is 1.15 bits per heavy atom. The molecule has 0 saturated heterocycles. The summed E-state index contributed by atoms with van der Waals surface area (Å²) in [6, 6.07) is 13.3. The van der Waals surface area contributed by atoms with Crippen LogP contribution in [0.25, 0.3) is 10.8 Å². The Kier molecular flexibility index (Phi) is 4.94. The third-order valence-electron chi connectivity index (χ3n) is 4.28. The summed E-state index contributed by atoms with van der Waals surface area (Å²) in [4.78, 5) is 16.9. The van der Waals surface area contributed by atoms with E-state index in [4.69, 9.17) is 4.74 Å². The second-order valence-electron chi connectivity index (χ2n) is 7.25. The number of carbonyl (C=O) groups is 1. The van der Waals surface area contributed by atoms with E-state index in [1.807, 2.05) is 49.4 Å². The van der Waals surface area contributed by atoms with Gasteiger partial charge in [0.05, 0.1) is 6.61 Å². The van der Waals surface area contributed by atoms with Gasteiger partial charge in [-0.15, -0.1) is 0 Å². The summed E-state index contributed by atoms with van der Waals surface area (Å²) in [5.74, 6) is 0.602. The van der Waals surface area contributed by atoms with E-state index in [-0.39, 0.29) is 11.3 Å². The first-order valence-electron chi connectivity index (χ1n) is 8.81. The number of ether oxygens (including phenoxy) is 1. The molecule has 0 bridgehead atoms. The summed E-state index contributed by atoms with van der Waals surface area (Å²) < 4.78 is 5.79. The fourth-order valence-corrected chi connectivity index (χ4v) is 2.98. The van der Waals surface area contributed by atoms with Gasteiger partial charge in [-0.25, -0.2) is 0 Å². The quantitative estimate of drug-likeness (QED) is 0.706. The Bertz CT molecular complexity index is 937. The molecule has 3 aromatic rings. The molecule has 4 nitrogen and oxygen atoms in total. The van der Waals surface area contributed by atoms with E-state index in [1.54, 1.807) is 12.4 Å². The van der Waals surface area contributed by atoms with E-state index in [0.29, 0.717) is 12.2 Å². The van der Waals surface area contributed by atoms with Crippen molar-refractivity contribution in [1.82, 2.24) is 4.98 Å². The predicted octanol–water partition coefficient (Wildman–Crippen LogP) is 5.18. The smallest absolute Gasteiger partial charge is 0.255 e. The maximum atomic E-state index is 12.8. The molecule has 3 rings (SSSR count). The normalized spacial score (nSPS) is 11.4. The number of benzene rings is 2. The SMILES string of the molecule is CCOc1cc(C(=O)Nc2cccc3cnccc23)ccc1C(C)(C)C. The molecule has 0 saturated carbocycles. The van der Waals surface area contributed by atoms with Crippen molar-refractivity contribution < 1.29 is 9.53 Å². The van der Waals surface area contributed by atoms with Crippen LogP contribution < -0.4 is 10.1 Å². The molecule has 0 aliphatic carbocycles. The van der Waals surface area contributed by atoms with Crippen molar-refractivity contribution in [3.63, 3.8) is 0 Å². The number of hydrogen-bond donors (Lipinski definition) is 1. The summed E-state index contributed by atoms with van der Waals surface area (Å²) in [6.07, 6.45) is 3.51. The second-order valence-corrected chi connectivity index (χ2v) is 7.25. The fraction of sp³-hybridized carbons (Fsp3) is 0.273. The standard InChI is InChI=1S/C22H24N2O2/c1-5-26-20-13-15(9-10-18(20)22(2,3)4)21(25)24-19-8-6-7-16-14-23-12-11-17(16)19/h6-14H,5H2,1-4H3,(H,24,25). The summed E-state index contributed by atoms with van der Waals surface area (Å²) in [5.41, 5.74) is 2.38. The number of nitrogens with one attached hydrogen (secondary N) is 1. The molecule has 0 radical (unpaired) electrons. The highest BCUT2D eigenvalue weighted by Gasteiger charge is 2.20. The van der Waals surface area contributed by atoms with Crippen LogP contribution in [0.1, 0.15) is 43.6 Å². The molecule has 2 aromatic carbocycles. The van der Waals surface area contributed by atoms with Crippen LogP contribution in [-0.2, 0) is 5.41 Å². The van der Waals surface area contributed by atoms with Crippen molar-refractivity contribution in [3.05, 3.63) is 66.0 Å². The maximum absolute atomic E-state index is 12.8. The van der Waals surface area contributed by atoms with Gasteiger partial charge in [0.15, 0.2) is 0 Å². The molecule has 0 atom stereocenters. The van der Waals surface area contributed by atoms with Crippen LogP contribution in [0.3, 0.4) is 0 Å². The number of hydrogen-bond acceptors (Lipinski definition) is 3. The van der Waals surface area contributed by atoms with Crippen LogP contribution in [0, 0.1) is 0 Å². The molecule has 0 aliphatic rings. The van der Waals surface area contributed by atoms with Crippen LogP contribution in [0.15, 0.2) is 54.9 Å². The number of pyridine rings is 1. The number of amides is 1. The number of aromatic nitrogens is 1. The van der Waals surface area contributed by atoms with Gasteiger partial charge < -0.3 is 10.1 Å². The van der Waals surface area contributed by atoms with Gasteiger partial charge in [0.1, 0.15) is 5.75 Å². The monoisotopic (exact) mass is 348 g/mol. The minimum absolute atomic E-state index is 0.0534. The lowest BCUT2D eigenvalue weighted by Gasteiger charge is -2.23. The van der Waals surface area contributed by atoms with E-state index >= 15 is 0 Å². The molecule has 0 unspecified atom stereocenters. The van der Waals surface area contributed by atoms with Gasteiger partial charge in [-0.1, -0.05) is 39.0 Å². The van der Waals surface area contributed by atoms with Gasteiger partial charge in [0.2, 0.25) is 0 Å². The van der Waals surface area contributed by atoms with Gasteiger partial charge in [0.25, 0.3) is 5.91 Å². The Morgan fingerprint density at radius 3 is 2.69 bits per heavy atom. The van der Waals surface area contributed by atoms with Crippen LogP contribution in [-0.4, -0.2) is 17.5 Å². The highest BCUT2D eigenvalue weighted by Crippen LogP contribution is 2.32. The predicted molar refractivity (Wildman–Crippen MR) is 106 cm³/mol. The van der Waals surface area contributed by atoms with Gasteiger partial charge >= 0.3 is 0 Å². The number of rotatable bonds is 4. The third-order valence-corrected chi connectivity index (χ3v) is 4.28. The average Bonchev–Trinajstić information content (AvgIpc) is 2.61. The lowest BCUT2D eigenvalue weighted by Crippen LogP contribution is -2.16. The van der Waals surface area contributed by atoms with Crippen LogP contribution in [0.4, 0.5) is 5.69 Å². The summed E-state index contributed by atoms with van der Waals surface area (Å²) in [6.45, 7) is 8.91. The summed E-state index contributed by atoms with van der Waals surface area (Å²) in [5, 5.41) is 4.96. The van der Waals surface area contributed by atoms with Gasteiger partial charge in [-0.05, 0) is 42.2 Å². The van der Waals surface area contributed by atoms with Crippen LogP contribution in [0.5, 0.6) is 5.75 Å². The summed E-state index contributed by atoms with van der Waals surface area (Å²) >= 11 is 0. The highest BCUT2D eigenvalue weighted by atomic mass is 16.5. The first-order valence-corrected chi connectivity index (χ1v) is 8.81. The van der Waals surface area contributed by atoms with Crippen molar-refractivity contribution in [2.24, 2.45) is 0 Å². The molecule has 1 amide bonds. The average molecular weight is 348 g/mol. The Morgan fingerprint density at radius 2 is 1.96 bits per heavy atom. The zero-order valence-electron chi connectivity index (χ0n) is 15.7. The van der Waals surface area contributed by atoms with Crippen LogP contribution in [0.2, 0.25) is 0 Å². The molecule has 1 N–H and O–H groups in total. The first-order chi connectivity index (χ1) is 12.4. The molecule has 0 fully saturated rings. The van der Waals surface area contributed by atoms with Gasteiger partial charge in [-0.2, -0.15) is 0 Å². The first kappa shape index (κ1) is 17.9. The van der Waals surface area contributed by atoms with E-state index in [9.17, 15) is 4.79 Å². The largest absolute Gasteiger partial charge is 0.494 e. The molecular formula is C22H24N2O2. The zero-order chi connectivity index (χ0) is 18.7. The van der Waals surface area contributed by atoms with Crippen molar-refractivity contribution in [2.45, 2.75) is 33.1 Å². The Hall–Kier alpha value is -2.88. The van der Waals surface area contributed by atoms with Crippen molar-refractivity contribution >= 4 is 22.4 Å². The Balaban J connectivity index is 1.93. The lowest BCUT2D eigenvalue weighted by molar-refractivity contribution is 0.102. The van der Waals surface area contributed by atoms with E-state index in [1.165, 1.54) is 0 Å². The maximum Gasteiger partial charge on any atom is 0.255 e. The van der Waals surface area contributed by atoms with Crippen molar-refractivity contribution in [2.75, 3.05) is 11.9 Å².